The molecule has 25 heavy (non-hydrogen) atoms. The number of rotatable bonds is 11. The summed E-state index contributed by atoms with van der Waals surface area (Å²) < 4.78 is 17.7. The van der Waals surface area contributed by atoms with E-state index in [1.165, 1.54) is 12.8 Å². The van der Waals surface area contributed by atoms with Crippen LogP contribution in [0, 0.1) is 5.92 Å². The Labute approximate surface area is 170 Å². The Hall–Kier alpha value is -0.670. The van der Waals surface area contributed by atoms with Crippen LogP contribution in [0.5, 0.6) is 0 Å². The molecule has 7 heteroatoms. The van der Waals surface area contributed by atoms with Crippen LogP contribution in [-0.4, -0.2) is 49.3 Å². The molecular formula is C18H30IN3O2S. The summed E-state index contributed by atoms with van der Waals surface area (Å²) in [5.41, 5.74) is 1.12. The van der Waals surface area contributed by atoms with E-state index in [0.717, 1.165) is 43.6 Å². The van der Waals surface area contributed by atoms with Gasteiger partial charge in [0.15, 0.2) is 5.96 Å². The van der Waals surface area contributed by atoms with Crippen LogP contribution in [0.3, 0.4) is 0 Å². The number of benzene rings is 1. The zero-order chi connectivity index (χ0) is 17.0. The fraction of sp³-hybridized carbons (Fsp3) is 0.611. The van der Waals surface area contributed by atoms with Gasteiger partial charge in [-0.25, -0.2) is 0 Å². The molecule has 0 bridgehead atoms. The molecule has 1 unspecified atom stereocenters. The largest absolute Gasteiger partial charge is 0.381 e. The Balaban J connectivity index is 0.00000312. The summed E-state index contributed by atoms with van der Waals surface area (Å²) in [6.45, 7) is 3.19. The van der Waals surface area contributed by atoms with Crippen molar-refractivity contribution in [2.24, 2.45) is 10.9 Å². The van der Waals surface area contributed by atoms with Crippen LogP contribution in [0.4, 0.5) is 0 Å². The second kappa shape index (κ2) is 13.5. The van der Waals surface area contributed by atoms with Gasteiger partial charge in [-0.3, -0.25) is 9.20 Å². The molecule has 1 aromatic carbocycles. The van der Waals surface area contributed by atoms with E-state index in [0.29, 0.717) is 18.1 Å². The van der Waals surface area contributed by atoms with E-state index < -0.39 is 10.8 Å². The highest BCUT2D eigenvalue weighted by Gasteiger charge is 2.20. The lowest BCUT2D eigenvalue weighted by Gasteiger charge is -2.12. The van der Waals surface area contributed by atoms with Gasteiger partial charge in [-0.05, 0) is 30.7 Å². The van der Waals surface area contributed by atoms with Gasteiger partial charge in [-0.15, -0.1) is 24.0 Å². The van der Waals surface area contributed by atoms with Crippen LogP contribution in [0.15, 0.2) is 35.3 Å². The minimum atomic E-state index is -0.863. The van der Waals surface area contributed by atoms with Crippen LogP contribution < -0.4 is 10.6 Å². The molecule has 0 aromatic heterocycles. The lowest BCUT2D eigenvalue weighted by atomic mass is 10.2. The predicted molar refractivity (Wildman–Crippen MR) is 116 cm³/mol. The highest BCUT2D eigenvalue weighted by molar-refractivity contribution is 14.0. The Kier molecular flexibility index (Phi) is 12.1. The number of hydrogen-bond acceptors (Lipinski definition) is 3. The minimum absolute atomic E-state index is 0. The van der Waals surface area contributed by atoms with Crippen LogP contribution in [0.25, 0.3) is 0 Å². The van der Waals surface area contributed by atoms with Gasteiger partial charge in [0.05, 0.1) is 0 Å². The van der Waals surface area contributed by atoms with Crippen molar-refractivity contribution in [1.29, 1.82) is 0 Å². The van der Waals surface area contributed by atoms with E-state index in [1.54, 1.807) is 7.05 Å². The Bertz CT molecular complexity index is 524. The summed E-state index contributed by atoms with van der Waals surface area (Å²) in [5.74, 6) is 2.80. The first-order chi connectivity index (χ1) is 11.8. The van der Waals surface area contributed by atoms with Gasteiger partial charge in [0.1, 0.15) is 0 Å². The first kappa shape index (κ1) is 22.4. The van der Waals surface area contributed by atoms with Crippen LogP contribution in [-0.2, 0) is 21.3 Å². The van der Waals surface area contributed by atoms with Crippen LogP contribution >= 0.6 is 24.0 Å². The van der Waals surface area contributed by atoms with Crippen LogP contribution in [0.1, 0.15) is 24.8 Å². The molecule has 0 saturated heterocycles. The molecule has 1 aliphatic carbocycles. The molecule has 1 fully saturated rings. The van der Waals surface area contributed by atoms with Crippen molar-refractivity contribution in [2.45, 2.75) is 25.0 Å². The Morgan fingerprint density at radius 3 is 2.64 bits per heavy atom. The van der Waals surface area contributed by atoms with Gasteiger partial charge in [-0.2, -0.15) is 0 Å². The summed E-state index contributed by atoms with van der Waals surface area (Å²) in [5, 5.41) is 6.47. The number of nitrogens with zero attached hydrogens (tertiary/aromatic N) is 1. The summed E-state index contributed by atoms with van der Waals surface area (Å²) >= 11 is 0. The van der Waals surface area contributed by atoms with Gasteiger partial charge in [0, 0.05) is 55.7 Å². The SMILES string of the molecule is CN=C(NCCCOCC1CC1)NCCS(=O)Cc1ccccc1.I. The van der Waals surface area contributed by atoms with E-state index in [9.17, 15) is 4.21 Å². The summed E-state index contributed by atoms with van der Waals surface area (Å²) in [6, 6.07) is 9.95. The van der Waals surface area contributed by atoms with E-state index >= 15 is 0 Å². The number of halogens is 1. The van der Waals surface area contributed by atoms with E-state index in [1.807, 2.05) is 30.3 Å². The van der Waals surface area contributed by atoms with E-state index in [2.05, 4.69) is 15.6 Å². The minimum Gasteiger partial charge on any atom is -0.381 e. The maximum Gasteiger partial charge on any atom is 0.191 e. The molecule has 1 aliphatic rings. The van der Waals surface area contributed by atoms with Crippen molar-refractivity contribution in [3.05, 3.63) is 35.9 Å². The average molecular weight is 479 g/mol. The number of guanidine groups is 1. The molecule has 0 radical (unpaired) electrons. The molecule has 0 amide bonds. The molecule has 5 nitrogen and oxygen atoms in total. The van der Waals surface area contributed by atoms with Crippen molar-refractivity contribution in [1.82, 2.24) is 10.6 Å². The smallest absolute Gasteiger partial charge is 0.191 e. The van der Waals surface area contributed by atoms with Gasteiger partial charge in [0.2, 0.25) is 0 Å². The standard InChI is InChI=1S/C18H29N3O2S.HI/c1-19-18(20-10-5-12-23-14-16-8-9-16)21-11-13-24(22)15-17-6-3-2-4-7-17;/h2-4,6-7,16H,5,8-15H2,1H3,(H2,19,20,21);1H. The van der Waals surface area contributed by atoms with Crippen molar-refractivity contribution in [3.8, 4) is 0 Å². The average Bonchev–Trinajstić information content (AvgIpc) is 3.41. The van der Waals surface area contributed by atoms with Crippen molar-refractivity contribution in [3.63, 3.8) is 0 Å². The first-order valence-corrected chi connectivity index (χ1v) is 10.2. The molecule has 1 aromatic rings. The summed E-state index contributed by atoms with van der Waals surface area (Å²) in [4.78, 5) is 4.18. The van der Waals surface area contributed by atoms with E-state index in [-0.39, 0.29) is 24.0 Å². The zero-order valence-electron chi connectivity index (χ0n) is 14.9. The second-order valence-corrected chi connectivity index (χ2v) is 7.65. The van der Waals surface area contributed by atoms with Crippen LogP contribution in [0.2, 0.25) is 0 Å². The maximum atomic E-state index is 12.1. The third-order valence-electron chi connectivity index (χ3n) is 3.82. The predicted octanol–water partition coefficient (Wildman–Crippen LogP) is 2.54. The number of nitrogens with one attached hydrogen (secondary N) is 2. The normalized spacial score (nSPS) is 15.3. The van der Waals surface area contributed by atoms with E-state index in [4.69, 9.17) is 4.74 Å². The third-order valence-corrected chi connectivity index (χ3v) is 5.14. The van der Waals surface area contributed by atoms with Gasteiger partial charge < -0.3 is 15.4 Å². The maximum absolute atomic E-state index is 12.1. The fourth-order valence-corrected chi connectivity index (χ4v) is 3.29. The monoisotopic (exact) mass is 479 g/mol. The third kappa shape index (κ3) is 10.8. The first-order valence-electron chi connectivity index (χ1n) is 8.69. The Morgan fingerprint density at radius 2 is 1.96 bits per heavy atom. The molecule has 0 aliphatic heterocycles. The summed E-state index contributed by atoms with van der Waals surface area (Å²) in [6.07, 6.45) is 3.63. The number of hydrogen-bond donors (Lipinski definition) is 2. The summed E-state index contributed by atoms with van der Waals surface area (Å²) in [7, 11) is 0.886. The Morgan fingerprint density at radius 1 is 1.24 bits per heavy atom. The van der Waals surface area contributed by atoms with Gasteiger partial charge >= 0.3 is 0 Å². The molecule has 2 rings (SSSR count). The molecule has 1 atom stereocenters. The zero-order valence-corrected chi connectivity index (χ0v) is 18.1. The molecule has 0 spiro atoms. The second-order valence-electron chi connectivity index (χ2n) is 6.07. The fourth-order valence-electron chi connectivity index (χ4n) is 2.25. The molecule has 2 N–H and O–H groups in total. The molecule has 142 valence electrons. The molecule has 0 heterocycles. The highest BCUT2D eigenvalue weighted by Crippen LogP contribution is 2.28. The van der Waals surface area contributed by atoms with Crippen molar-refractivity contribution in [2.75, 3.05) is 39.1 Å². The van der Waals surface area contributed by atoms with Crippen molar-refractivity contribution < 1.29 is 8.95 Å². The van der Waals surface area contributed by atoms with Gasteiger partial charge in [0.25, 0.3) is 0 Å². The molecule has 1 saturated carbocycles. The number of ether oxygens (including phenoxy) is 1. The lowest BCUT2D eigenvalue weighted by molar-refractivity contribution is 0.123. The van der Waals surface area contributed by atoms with Gasteiger partial charge in [-0.1, -0.05) is 30.3 Å². The lowest BCUT2D eigenvalue weighted by Crippen LogP contribution is -2.39. The quantitative estimate of drug-likeness (QED) is 0.222. The highest BCUT2D eigenvalue weighted by atomic mass is 127. The topological polar surface area (TPSA) is 62.7 Å². The van der Waals surface area contributed by atoms with Crippen molar-refractivity contribution >= 4 is 40.7 Å². The number of aliphatic imine (C=N–C) groups is 1. The molecular weight excluding hydrogens is 449 g/mol.